The first-order chi connectivity index (χ1) is 7.84. The Labute approximate surface area is 102 Å². The maximum Gasteiger partial charge on any atom is 0.239 e. The molecule has 0 amide bonds. The number of sulfonamides is 1. The second-order valence-corrected chi connectivity index (χ2v) is 5.93. The van der Waals surface area contributed by atoms with Gasteiger partial charge in [0.05, 0.1) is 0 Å². The van der Waals surface area contributed by atoms with Gasteiger partial charge in [0.2, 0.25) is 10.0 Å². The van der Waals surface area contributed by atoms with Crippen molar-refractivity contribution < 1.29 is 8.42 Å². The third-order valence-corrected chi connectivity index (χ3v) is 3.63. The quantitative estimate of drug-likeness (QED) is 0.805. The van der Waals surface area contributed by atoms with E-state index < -0.39 is 10.0 Å². The SMILES string of the molecule is CNC(Cc1ccc(S(N)(=O)=O)cn1)C(C)C. The molecule has 0 aliphatic carbocycles. The average molecular weight is 257 g/mol. The molecular formula is C11H19N3O2S. The Morgan fingerprint density at radius 1 is 1.41 bits per heavy atom. The average Bonchev–Trinajstić information content (AvgIpc) is 2.25. The van der Waals surface area contributed by atoms with Crippen LogP contribution < -0.4 is 10.5 Å². The summed E-state index contributed by atoms with van der Waals surface area (Å²) < 4.78 is 22.1. The number of likely N-dealkylation sites (N-methyl/N-ethyl adjacent to an activating group) is 1. The van der Waals surface area contributed by atoms with E-state index >= 15 is 0 Å². The largest absolute Gasteiger partial charge is 0.316 e. The molecule has 1 heterocycles. The molecule has 0 aromatic carbocycles. The lowest BCUT2D eigenvalue weighted by atomic mass is 9.99. The predicted octanol–water partition coefficient (Wildman–Crippen LogP) is 0.515. The minimum atomic E-state index is -3.65. The minimum absolute atomic E-state index is 0.0480. The molecule has 17 heavy (non-hydrogen) atoms. The third-order valence-electron chi connectivity index (χ3n) is 2.73. The molecule has 0 saturated heterocycles. The number of nitrogens with zero attached hydrogens (tertiary/aromatic N) is 1. The van der Waals surface area contributed by atoms with Crippen LogP contribution in [-0.2, 0) is 16.4 Å². The molecule has 1 unspecified atom stereocenters. The molecule has 1 aromatic heterocycles. The van der Waals surface area contributed by atoms with Gasteiger partial charge >= 0.3 is 0 Å². The number of pyridine rings is 1. The van der Waals surface area contributed by atoms with Crippen molar-refractivity contribution in [2.24, 2.45) is 11.1 Å². The summed E-state index contributed by atoms with van der Waals surface area (Å²) in [7, 11) is -1.74. The molecule has 0 spiro atoms. The zero-order chi connectivity index (χ0) is 13.1. The van der Waals surface area contributed by atoms with Crippen LogP contribution in [0, 0.1) is 5.92 Å². The van der Waals surface area contributed by atoms with Gasteiger partial charge in [-0.15, -0.1) is 0 Å². The van der Waals surface area contributed by atoms with Gasteiger partial charge in [-0.2, -0.15) is 0 Å². The molecule has 5 nitrogen and oxygen atoms in total. The van der Waals surface area contributed by atoms with Gasteiger partial charge in [-0.1, -0.05) is 13.8 Å². The lowest BCUT2D eigenvalue weighted by Crippen LogP contribution is -2.33. The Bertz CT molecular complexity index is 454. The van der Waals surface area contributed by atoms with Gasteiger partial charge in [0.25, 0.3) is 0 Å². The highest BCUT2D eigenvalue weighted by molar-refractivity contribution is 7.89. The van der Waals surface area contributed by atoms with Gasteiger partial charge in [0, 0.05) is 24.4 Å². The van der Waals surface area contributed by atoms with Crippen LogP contribution in [0.1, 0.15) is 19.5 Å². The van der Waals surface area contributed by atoms with Crippen LogP contribution in [0.2, 0.25) is 0 Å². The Kier molecular flexibility index (Phi) is 4.62. The van der Waals surface area contributed by atoms with E-state index in [2.05, 4.69) is 24.1 Å². The van der Waals surface area contributed by atoms with Crippen molar-refractivity contribution in [3.05, 3.63) is 24.0 Å². The minimum Gasteiger partial charge on any atom is -0.316 e. The molecule has 1 rings (SSSR count). The van der Waals surface area contributed by atoms with Crippen LogP contribution in [-0.4, -0.2) is 26.5 Å². The van der Waals surface area contributed by atoms with Crippen molar-refractivity contribution in [1.29, 1.82) is 0 Å². The first-order valence-electron chi connectivity index (χ1n) is 5.49. The van der Waals surface area contributed by atoms with Crippen LogP contribution in [0.25, 0.3) is 0 Å². The van der Waals surface area contributed by atoms with E-state index in [1.165, 1.54) is 12.3 Å². The van der Waals surface area contributed by atoms with Crippen molar-refractivity contribution in [3.63, 3.8) is 0 Å². The standard InChI is InChI=1S/C11H19N3O2S/c1-8(2)11(13-3)6-9-4-5-10(7-14-9)17(12,15)16/h4-5,7-8,11,13H,6H2,1-3H3,(H2,12,15,16). The Morgan fingerprint density at radius 2 is 2.06 bits per heavy atom. The zero-order valence-electron chi connectivity index (χ0n) is 10.3. The van der Waals surface area contributed by atoms with Gasteiger partial charge in [0.15, 0.2) is 0 Å². The summed E-state index contributed by atoms with van der Waals surface area (Å²) in [5.41, 5.74) is 0.852. The fraction of sp³-hybridized carbons (Fsp3) is 0.545. The van der Waals surface area contributed by atoms with E-state index in [0.717, 1.165) is 12.1 Å². The van der Waals surface area contributed by atoms with E-state index in [-0.39, 0.29) is 4.90 Å². The molecule has 1 aromatic rings. The first kappa shape index (κ1) is 14.1. The number of hydrogen-bond acceptors (Lipinski definition) is 4. The monoisotopic (exact) mass is 257 g/mol. The van der Waals surface area contributed by atoms with Crippen LogP contribution >= 0.6 is 0 Å². The summed E-state index contributed by atoms with van der Waals surface area (Å²) in [6.45, 7) is 4.25. The molecule has 0 aliphatic heterocycles. The Hall–Kier alpha value is -0.980. The predicted molar refractivity (Wildman–Crippen MR) is 67.0 cm³/mol. The summed E-state index contributed by atoms with van der Waals surface area (Å²) >= 11 is 0. The highest BCUT2D eigenvalue weighted by Crippen LogP contribution is 2.10. The summed E-state index contributed by atoms with van der Waals surface area (Å²) in [5, 5.41) is 8.21. The molecule has 6 heteroatoms. The molecule has 0 saturated carbocycles. The number of nitrogens with one attached hydrogen (secondary N) is 1. The molecular weight excluding hydrogens is 238 g/mol. The number of aromatic nitrogens is 1. The Balaban J connectivity index is 2.82. The number of primary sulfonamides is 1. The maximum atomic E-state index is 11.1. The normalized spacial score (nSPS) is 13.9. The van der Waals surface area contributed by atoms with Gasteiger partial charge in [0.1, 0.15) is 4.90 Å². The zero-order valence-corrected chi connectivity index (χ0v) is 11.2. The van der Waals surface area contributed by atoms with Gasteiger partial charge in [-0.25, -0.2) is 13.6 Å². The van der Waals surface area contributed by atoms with Crippen molar-refractivity contribution in [3.8, 4) is 0 Å². The molecule has 0 radical (unpaired) electrons. The molecule has 3 N–H and O–H groups in total. The number of nitrogens with two attached hydrogens (primary N) is 1. The van der Waals surface area contributed by atoms with E-state index in [9.17, 15) is 8.42 Å². The first-order valence-corrected chi connectivity index (χ1v) is 7.04. The fourth-order valence-electron chi connectivity index (χ4n) is 1.60. The van der Waals surface area contributed by atoms with E-state index in [0.29, 0.717) is 12.0 Å². The second kappa shape index (κ2) is 5.57. The van der Waals surface area contributed by atoms with Crippen LogP contribution in [0.5, 0.6) is 0 Å². The van der Waals surface area contributed by atoms with Crippen molar-refractivity contribution in [1.82, 2.24) is 10.3 Å². The van der Waals surface area contributed by atoms with Crippen LogP contribution in [0.4, 0.5) is 0 Å². The number of rotatable bonds is 5. The third kappa shape index (κ3) is 4.07. The van der Waals surface area contributed by atoms with Crippen molar-refractivity contribution >= 4 is 10.0 Å². The van der Waals surface area contributed by atoms with Crippen LogP contribution in [0.3, 0.4) is 0 Å². The van der Waals surface area contributed by atoms with E-state index in [1.807, 2.05) is 7.05 Å². The lowest BCUT2D eigenvalue weighted by Gasteiger charge is -2.19. The maximum absolute atomic E-state index is 11.1. The summed E-state index contributed by atoms with van der Waals surface area (Å²) in [6, 6.07) is 3.51. The highest BCUT2D eigenvalue weighted by Gasteiger charge is 2.13. The van der Waals surface area contributed by atoms with E-state index in [1.54, 1.807) is 6.07 Å². The summed E-state index contributed by atoms with van der Waals surface area (Å²) in [4.78, 5) is 4.16. The second-order valence-electron chi connectivity index (χ2n) is 4.37. The van der Waals surface area contributed by atoms with Crippen LogP contribution in [0.15, 0.2) is 23.2 Å². The lowest BCUT2D eigenvalue weighted by molar-refractivity contribution is 0.421. The Morgan fingerprint density at radius 3 is 2.41 bits per heavy atom. The molecule has 0 bridgehead atoms. The van der Waals surface area contributed by atoms with Gasteiger partial charge in [-0.3, -0.25) is 4.98 Å². The smallest absolute Gasteiger partial charge is 0.239 e. The van der Waals surface area contributed by atoms with Crippen molar-refractivity contribution in [2.45, 2.75) is 31.2 Å². The summed E-state index contributed by atoms with van der Waals surface area (Å²) in [5.74, 6) is 0.486. The van der Waals surface area contributed by atoms with Gasteiger partial charge in [-0.05, 0) is 25.1 Å². The van der Waals surface area contributed by atoms with Gasteiger partial charge < -0.3 is 5.32 Å². The fourth-order valence-corrected chi connectivity index (χ4v) is 2.05. The molecule has 96 valence electrons. The topological polar surface area (TPSA) is 85.1 Å². The molecule has 0 fully saturated rings. The van der Waals surface area contributed by atoms with Crippen molar-refractivity contribution in [2.75, 3.05) is 7.05 Å². The summed E-state index contributed by atoms with van der Waals surface area (Å²) in [6.07, 6.45) is 2.07. The number of hydrogen-bond donors (Lipinski definition) is 2. The molecule has 0 aliphatic rings. The highest BCUT2D eigenvalue weighted by atomic mass is 32.2. The molecule has 1 atom stereocenters. The van der Waals surface area contributed by atoms with E-state index in [4.69, 9.17) is 5.14 Å².